The van der Waals surface area contributed by atoms with E-state index >= 15 is 0 Å². The average Bonchev–Trinajstić information content (AvgIpc) is 3.28. The minimum Gasteiger partial charge on any atom is -0.495 e. The zero-order valence-electron chi connectivity index (χ0n) is 19.2. The summed E-state index contributed by atoms with van der Waals surface area (Å²) in [6, 6.07) is 26.1. The maximum absolute atomic E-state index is 11.0. The zero-order valence-corrected chi connectivity index (χ0v) is 20.0. The van der Waals surface area contributed by atoms with Crippen molar-refractivity contribution in [3.05, 3.63) is 96.1 Å². The van der Waals surface area contributed by atoms with E-state index in [2.05, 4.69) is 28.0 Å². The second-order valence-corrected chi connectivity index (χ2v) is 8.32. The van der Waals surface area contributed by atoms with Crippen LogP contribution in [0.25, 0.3) is 33.1 Å². The second kappa shape index (κ2) is 9.89. The Balaban J connectivity index is 1.40. The molecule has 8 heteroatoms. The Labute approximate surface area is 212 Å². The number of aromatic carboxylic acids is 1. The molecule has 0 spiro atoms. The Bertz CT molecular complexity index is 1620. The molecule has 0 saturated carbocycles. The third kappa shape index (κ3) is 4.49. The van der Waals surface area contributed by atoms with E-state index in [1.54, 1.807) is 25.5 Å². The number of carboxylic acid groups (broad SMARTS) is 1. The summed E-state index contributed by atoms with van der Waals surface area (Å²) < 4.78 is 11.9. The number of nitrogens with one attached hydrogen (secondary N) is 2. The minimum atomic E-state index is -0.986. The third-order valence-electron chi connectivity index (χ3n) is 5.70. The summed E-state index contributed by atoms with van der Waals surface area (Å²) in [5, 5.41) is 18.6. The van der Waals surface area contributed by atoms with Gasteiger partial charge in [-0.15, -0.1) is 0 Å². The number of nitrogens with zero attached hydrogens (tertiary/aromatic N) is 1. The number of hydrogen-bond donors (Lipinski definition) is 3. The number of hydrazone groups is 1. The zero-order chi connectivity index (χ0) is 25.1. The van der Waals surface area contributed by atoms with Crippen LogP contribution in [0.2, 0.25) is 0 Å². The van der Waals surface area contributed by atoms with Gasteiger partial charge in [0.1, 0.15) is 16.9 Å². The van der Waals surface area contributed by atoms with Crippen LogP contribution in [-0.4, -0.2) is 29.5 Å². The lowest BCUT2D eigenvalue weighted by Gasteiger charge is -2.13. The molecule has 1 aromatic heterocycles. The first-order valence-electron chi connectivity index (χ1n) is 11.1. The van der Waals surface area contributed by atoms with Crippen molar-refractivity contribution in [1.29, 1.82) is 0 Å². The predicted molar refractivity (Wildman–Crippen MR) is 146 cm³/mol. The molecule has 5 rings (SSSR count). The van der Waals surface area contributed by atoms with E-state index < -0.39 is 5.97 Å². The van der Waals surface area contributed by atoms with Crippen molar-refractivity contribution in [2.75, 3.05) is 12.4 Å². The number of furan rings is 1. The molecule has 3 N–H and O–H groups in total. The number of hydrogen-bond acceptors (Lipinski definition) is 5. The van der Waals surface area contributed by atoms with Crippen LogP contribution >= 0.6 is 12.2 Å². The van der Waals surface area contributed by atoms with Gasteiger partial charge >= 0.3 is 5.97 Å². The van der Waals surface area contributed by atoms with Crippen molar-refractivity contribution in [1.82, 2.24) is 5.43 Å². The molecule has 4 aromatic carbocycles. The largest absolute Gasteiger partial charge is 0.495 e. The van der Waals surface area contributed by atoms with Gasteiger partial charge in [-0.2, -0.15) is 5.10 Å². The quantitative estimate of drug-likeness (QED) is 0.145. The van der Waals surface area contributed by atoms with Gasteiger partial charge in [-0.25, -0.2) is 4.79 Å². The van der Waals surface area contributed by atoms with Crippen LogP contribution in [0.5, 0.6) is 5.75 Å². The molecule has 0 unspecified atom stereocenters. The summed E-state index contributed by atoms with van der Waals surface area (Å²) >= 11 is 5.29. The number of carboxylic acids is 1. The Hall–Kier alpha value is -4.69. The van der Waals surface area contributed by atoms with E-state index in [9.17, 15) is 4.79 Å². The number of anilines is 1. The Morgan fingerprint density at radius 2 is 1.67 bits per heavy atom. The van der Waals surface area contributed by atoms with E-state index in [1.165, 1.54) is 12.1 Å². The van der Waals surface area contributed by atoms with E-state index in [1.807, 2.05) is 48.5 Å². The van der Waals surface area contributed by atoms with Gasteiger partial charge in [-0.1, -0.05) is 42.5 Å². The molecule has 178 valence electrons. The van der Waals surface area contributed by atoms with Gasteiger partial charge in [0.2, 0.25) is 0 Å². The van der Waals surface area contributed by atoms with Crippen molar-refractivity contribution in [2.24, 2.45) is 5.10 Å². The SMILES string of the molecule is COc1c(C=NNC(=S)Nc2ccc(C(=O)O)cc2)cccc1-c1cccc2oc3ccccc3c12. The highest BCUT2D eigenvalue weighted by Gasteiger charge is 2.16. The van der Waals surface area contributed by atoms with Gasteiger partial charge in [0.05, 0.1) is 18.9 Å². The highest BCUT2D eigenvalue weighted by molar-refractivity contribution is 7.80. The van der Waals surface area contributed by atoms with Crippen molar-refractivity contribution < 1.29 is 19.1 Å². The fourth-order valence-corrected chi connectivity index (χ4v) is 4.28. The molecule has 0 aliphatic carbocycles. The Kier molecular flexibility index (Phi) is 6.34. The maximum atomic E-state index is 11.0. The molecule has 0 atom stereocenters. The molecule has 0 saturated heterocycles. The maximum Gasteiger partial charge on any atom is 0.335 e. The first kappa shape index (κ1) is 23.1. The first-order chi connectivity index (χ1) is 17.5. The van der Waals surface area contributed by atoms with Crippen LogP contribution in [-0.2, 0) is 0 Å². The number of benzene rings is 4. The van der Waals surface area contributed by atoms with Crippen molar-refractivity contribution >= 4 is 57.1 Å². The monoisotopic (exact) mass is 495 g/mol. The third-order valence-corrected chi connectivity index (χ3v) is 5.90. The van der Waals surface area contributed by atoms with Crippen LogP contribution in [0.1, 0.15) is 15.9 Å². The number of para-hydroxylation sites is 2. The number of methoxy groups -OCH3 is 1. The van der Waals surface area contributed by atoms with Crippen molar-refractivity contribution in [3.8, 4) is 16.9 Å². The van der Waals surface area contributed by atoms with E-state index in [4.69, 9.17) is 26.5 Å². The fraction of sp³-hybridized carbons (Fsp3) is 0.0357. The second-order valence-electron chi connectivity index (χ2n) is 7.91. The van der Waals surface area contributed by atoms with E-state index in [0.29, 0.717) is 11.4 Å². The summed E-state index contributed by atoms with van der Waals surface area (Å²) in [6.07, 6.45) is 1.64. The number of ether oxygens (including phenoxy) is 1. The molecule has 0 aliphatic rings. The van der Waals surface area contributed by atoms with Crippen LogP contribution in [0.4, 0.5) is 5.69 Å². The van der Waals surface area contributed by atoms with E-state index in [-0.39, 0.29) is 10.7 Å². The summed E-state index contributed by atoms with van der Waals surface area (Å²) in [5.41, 5.74) is 7.95. The smallest absolute Gasteiger partial charge is 0.335 e. The van der Waals surface area contributed by atoms with Gasteiger partial charge in [-0.05, 0) is 60.2 Å². The Morgan fingerprint density at radius 3 is 2.44 bits per heavy atom. The Morgan fingerprint density at radius 1 is 0.944 bits per heavy atom. The molecule has 0 amide bonds. The lowest BCUT2D eigenvalue weighted by atomic mass is 9.97. The molecule has 0 fully saturated rings. The number of thiocarbonyl (C=S) groups is 1. The normalized spacial score (nSPS) is 11.1. The molecule has 0 aliphatic heterocycles. The van der Waals surface area contributed by atoms with Crippen LogP contribution < -0.4 is 15.5 Å². The molecular formula is C28H21N3O4S. The molecule has 0 bridgehead atoms. The minimum absolute atomic E-state index is 0.198. The molecule has 5 aromatic rings. The lowest BCUT2D eigenvalue weighted by molar-refractivity contribution is 0.0697. The van der Waals surface area contributed by atoms with Crippen LogP contribution in [0.15, 0.2) is 94.4 Å². The first-order valence-corrected chi connectivity index (χ1v) is 11.5. The highest BCUT2D eigenvalue weighted by atomic mass is 32.1. The predicted octanol–water partition coefficient (Wildman–Crippen LogP) is 6.28. The number of fused-ring (bicyclic) bond motifs is 3. The standard InChI is InChI=1S/C28H21N3O4S/c1-34-26-18(16-29-31-28(36)30-19-14-12-17(13-15-19)27(32)33)6-4-9-21(26)20-8-5-11-24-25(20)22-7-2-3-10-23(22)35-24/h2-16H,1H3,(H,32,33)(H2,30,31,36). The van der Waals surface area contributed by atoms with Crippen molar-refractivity contribution in [3.63, 3.8) is 0 Å². The van der Waals surface area contributed by atoms with Gasteiger partial charge < -0.3 is 19.6 Å². The molecule has 1 heterocycles. The summed E-state index contributed by atoms with van der Waals surface area (Å²) in [5.74, 6) is -0.316. The van der Waals surface area contributed by atoms with Gasteiger partial charge in [0.25, 0.3) is 0 Å². The topological polar surface area (TPSA) is 96.1 Å². The number of carbonyl (C=O) groups is 1. The molecule has 0 radical (unpaired) electrons. The number of rotatable bonds is 6. The fourth-order valence-electron chi connectivity index (χ4n) is 4.11. The average molecular weight is 496 g/mol. The highest BCUT2D eigenvalue weighted by Crippen LogP contribution is 2.40. The summed E-state index contributed by atoms with van der Waals surface area (Å²) in [6.45, 7) is 0. The van der Waals surface area contributed by atoms with Gasteiger partial charge in [0, 0.05) is 27.6 Å². The van der Waals surface area contributed by atoms with Crippen LogP contribution in [0, 0.1) is 0 Å². The van der Waals surface area contributed by atoms with Gasteiger partial charge in [-0.3, -0.25) is 5.43 Å². The van der Waals surface area contributed by atoms with Crippen LogP contribution in [0.3, 0.4) is 0 Å². The summed E-state index contributed by atoms with van der Waals surface area (Å²) in [7, 11) is 1.63. The lowest BCUT2D eigenvalue weighted by Crippen LogP contribution is -2.23. The van der Waals surface area contributed by atoms with E-state index in [0.717, 1.165) is 38.6 Å². The van der Waals surface area contributed by atoms with Crippen molar-refractivity contribution in [2.45, 2.75) is 0 Å². The summed E-state index contributed by atoms with van der Waals surface area (Å²) in [4.78, 5) is 11.0. The molecular weight excluding hydrogens is 474 g/mol. The molecule has 36 heavy (non-hydrogen) atoms. The molecule has 7 nitrogen and oxygen atoms in total. The van der Waals surface area contributed by atoms with Gasteiger partial charge in [0.15, 0.2) is 5.11 Å².